The molecule has 6 aromatic rings. The van der Waals surface area contributed by atoms with E-state index in [9.17, 15) is 4.79 Å². The molecular weight excluding hydrogens is 661 g/mol. The lowest BCUT2D eigenvalue weighted by Crippen LogP contribution is -2.67. The van der Waals surface area contributed by atoms with Crippen molar-refractivity contribution in [1.29, 1.82) is 0 Å². The third-order valence-corrected chi connectivity index (χ3v) is 15.3. The van der Waals surface area contributed by atoms with Gasteiger partial charge in [0.15, 0.2) is 6.23 Å². The maximum Gasteiger partial charge on any atom is 0.351 e. The molecule has 0 unspecified atom stereocenters. The Morgan fingerprint density at radius 1 is 0.692 bits per heavy atom. The van der Waals surface area contributed by atoms with Crippen LogP contribution in [0.3, 0.4) is 0 Å². The predicted molar refractivity (Wildman–Crippen MR) is 211 cm³/mol. The van der Waals surface area contributed by atoms with Crippen LogP contribution >= 0.6 is 0 Å². The van der Waals surface area contributed by atoms with E-state index in [1.165, 1.54) is 10.4 Å². The summed E-state index contributed by atoms with van der Waals surface area (Å²) in [7, 11) is -2.91. The molecule has 1 aliphatic rings. The molecule has 1 saturated heterocycles. The molecule has 2 atom stereocenters. The highest BCUT2D eigenvalue weighted by Crippen LogP contribution is 2.45. The van der Waals surface area contributed by atoms with Crippen LogP contribution < -0.4 is 21.8 Å². The summed E-state index contributed by atoms with van der Waals surface area (Å²) in [5.41, 5.74) is 8.12. The fourth-order valence-electron chi connectivity index (χ4n) is 8.05. The van der Waals surface area contributed by atoms with Crippen LogP contribution in [-0.4, -0.2) is 48.6 Å². The van der Waals surface area contributed by atoms with E-state index in [0.29, 0.717) is 19.7 Å². The number of aromatic nitrogens is 2. The van der Waals surface area contributed by atoms with Crippen molar-refractivity contribution in [3.8, 4) is 0 Å². The van der Waals surface area contributed by atoms with Crippen molar-refractivity contribution < 1.29 is 9.16 Å². The highest BCUT2D eigenvalue weighted by Gasteiger charge is 2.52. The quantitative estimate of drug-likeness (QED) is 0.128. The molecule has 1 fully saturated rings. The van der Waals surface area contributed by atoms with Gasteiger partial charge in [-0.1, -0.05) is 172 Å². The molecular formula is C44H46N4O3Si. The molecule has 2 heterocycles. The van der Waals surface area contributed by atoms with E-state index < -0.39 is 31.9 Å². The summed E-state index contributed by atoms with van der Waals surface area (Å²) in [5, 5.41) is 2.18. The van der Waals surface area contributed by atoms with Gasteiger partial charge in [0.1, 0.15) is 5.82 Å². The van der Waals surface area contributed by atoms with Crippen LogP contribution in [0.2, 0.25) is 5.04 Å². The number of rotatable bonds is 10. The maximum absolute atomic E-state index is 13.5. The van der Waals surface area contributed by atoms with Crippen LogP contribution in [0, 0.1) is 0 Å². The minimum atomic E-state index is -2.91. The minimum Gasteiger partial charge on any atom is -0.405 e. The first-order valence-corrected chi connectivity index (χ1v) is 19.8. The largest absolute Gasteiger partial charge is 0.405 e. The van der Waals surface area contributed by atoms with Crippen LogP contribution in [0.15, 0.2) is 169 Å². The van der Waals surface area contributed by atoms with Gasteiger partial charge in [-0.25, -0.2) is 4.79 Å². The maximum atomic E-state index is 13.5. The zero-order valence-corrected chi connectivity index (χ0v) is 31.0. The second-order valence-electron chi connectivity index (χ2n) is 14.4. The van der Waals surface area contributed by atoms with Crippen molar-refractivity contribution in [2.45, 2.75) is 43.7 Å². The van der Waals surface area contributed by atoms with Gasteiger partial charge in [-0.2, -0.15) is 4.98 Å². The van der Waals surface area contributed by atoms with Crippen molar-refractivity contribution in [2.75, 3.05) is 25.4 Å². The molecule has 0 aliphatic carbocycles. The predicted octanol–water partition coefficient (Wildman–Crippen LogP) is 6.59. The number of nitrogens with two attached hydrogens (primary N) is 1. The molecule has 264 valence electrons. The summed E-state index contributed by atoms with van der Waals surface area (Å²) in [5.74, 6) is 0.174. The highest BCUT2D eigenvalue weighted by molar-refractivity contribution is 6.99. The summed E-state index contributed by atoms with van der Waals surface area (Å²) < 4.78 is 16.0. The second kappa shape index (κ2) is 14.9. The summed E-state index contributed by atoms with van der Waals surface area (Å²) in [6.45, 7) is 8.08. The molecule has 0 saturated carbocycles. The number of anilines is 1. The van der Waals surface area contributed by atoms with E-state index >= 15 is 0 Å². The second-order valence-corrected chi connectivity index (χ2v) is 18.7. The Morgan fingerprint density at radius 3 is 1.56 bits per heavy atom. The van der Waals surface area contributed by atoms with E-state index in [1.54, 1.807) is 16.8 Å². The lowest BCUT2D eigenvalue weighted by Gasteiger charge is -2.51. The molecule has 0 spiro atoms. The van der Waals surface area contributed by atoms with Gasteiger partial charge in [0.2, 0.25) is 0 Å². The summed E-state index contributed by atoms with van der Waals surface area (Å²) in [6, 6.07) is 54.8. The number of benzene rings is 5. The number of nitrogen functional groups attached to an aromatic ring is 1. The van der Waals surface area contributed by atoms with Crippen LogP contribution in [0.1, 0.15) is 43.7 Å². The zero-order valence-electron chi connectivity index (χ0n) is 30.0. The van der Waals surface area contributed by atoms with Gasteiger partial charge in [-0.15, -0.1) is 0 Å². The topological polar surface area (TPSA) is 82.6 Å². The van der Waals surface area contributed by atoms with Crippen molar-refractivity contribution in [3.05, 3.63) is 191 Å². The Bertz CT molecular complexity index is 1970. The van der Waals surface area contributed by atoms with Crippen LogP contribution in [0.25, 0.3) is 0 Å². The molecule has 0 radical (unpaired) electrons. The molecule has 2 N–H and O–H groups in total. The van der Waals surface area contributed by atoms with Gasteiger partial charge < -0.3 is 14.9 Å². The fraction of sp³-hybridized carbons (Fsp3) is 0.227. The first-order valence-electron chi connectivity index (χ1n) is 17.9. The molecule has 7 nitrogen and oxygen atoms in total. The zero-order chi connectivity index (χ0) is 36.2. The number of hydrogen-bond donors (Lipinski definition) is 1. The van der Waals surface area contributed by atoms with E-state index in [0.717, 1.165) is 16.7 Å². The summed E-state index contributed by atoms with van der Waals surface area (Å²) >= 11 is 0. The molecule has 1 aliphatic heterocycles. The van der Waals surface area contributed by atoms with Gasteiger partial charge in [-0.05, 0) is 38.2 Å². The van der Waals surface area contributed by atoms with E-state index in [2.05, 4.69) is 164 Å². The average Bonchev–Trinajstić information content (AvgIpc) is 3.17. The SMILES string of the molecule is CC(C)(C)[Si](OC[C@@H]1CN(C(c2ccccc2)(c2ccccc2)c2ccccc2)C[C@H](n2ccc(N)nc2=O)O1)(c1ccccc1)c1ccccc1. The number of hydrogen-bond acceptors (Lipinski definition) is 6. The van der Waals surface area contributed by atoms with Gasteiger partial charge in [0, 0.05) is 19.3 Å². The summed E-state index contributed by atoms with van der Waals surface area (Å²) in [6.07, 6.45) is 0.603. The highest BCUT2D eigenvalue weighted by atomic mass is 28.4. The standard InChI is InChI=1S/C44H46N4O3Si/c1-43(2,3)52(38-25-15-7-16-26-38,39-27-17-8-18-28-39)50-33-37-31-47(32-41(51-37)48-30-29-40(45)46-42(48)49)44(34-19-9-4-10-20-34,35-21-11-5-12-22-35)36-23-13-6-14-24-36/h4-30,37,41H,31-33H2,1-3H3,(H2,45,46,49)/t37-,41+/m0/s1. The van der Waals surface area contributed by atoms with Gasteiger partial charge >= 0.3 is 5.69 Å². The monoisotopic (exact) mass is 706 g/mol. The third-order valence-electron chi connectivity index (χ3n) is 10.3. The molecule has 0 amide bonds. The van der Waals surface area contributed by atoms with Crippen molar-refractivity contribution in [3.63, 3.8) is 0 Å². The van der Waals surface area contributed by atoms with Crippen LogP contribution in [0.5, 0.6) is 0 Å². The number of morpholine rings is 1. The third kappa shape index (κ3) is 6.55. The Hall–Kier alpha value is -5.12. The van der Waals surface area contributed by atoms with E-state index in [-0.39, 0.29) is 10.9 Å². The lowest BCUT2D eigenvalue weighted by atomic mass is 9.75. The summed E-state index contributed by atoms with van der Waals surface area (Å²) in [4.78, 5) is 20.0. The van der Waals surface area contributed by atoms with E-state index in [1.807, 2.05) is 18.2 Å². The number of ether oxygens (including phenoxy) is 1. The average molecular weight is 707 g/mol. The van der Waals surface area contributed by atoms with Crippen molar-refractivity contribution >= 4 is 24.5 Å². The van der Waals surface area contributed by atoms with Crippen LogP contribution in [-0.2, 0) is 14.7 Å². The molecule has 7 rings (SSSR count). The Kier molecular flexibility index (Phi) is 10.1. The van der Waals surface area contributed by atoms with Crippen molar-refractivity contribution in [1.82, 2.24) is 14.5 Å². The molecule has 8 heteroatoms. The Labute approximate surface area is 307 Å². The van der Waals surface area contributed by atoms with Crippen molar-refractivity contribution in [2.24, 2.45) is 0 Å². The smallest absolute Gasteiger partial charge is 0.351 e. The Balaban J connectivity index is 1.39. The van der Waals surface area contributed by atoms with Gasteiger partial charge in [0.05, 0.1) is 18.2 Å². The fourth-order valence-corrected chi connectivity index (χ4v) is 12.6. The lowest BCUT2D eigenvalue weighted by molar-refractivity contribution is -0.149. The minimum absolute atomic E-state index is 0.174. The van der Waals surface area contributed by atoms with Crippen LogP contribution in [0.4, 0.5) is 5.82 Å². The Morgan fingerprint density at radius 2 is 1.13 bits per heavy atom. The number of nitrogens with zero attached hydrogens (tertiary/aromatic N) is 3. The molecule has 5 aromatic carbocycles. The molecule has 1 aromatic heterocycles. The molecule has 52 heavy (non-hydrogen) atoms. The first-order chi connectivity index (χ1) is 25.2. The molecule has 0 bridgehead atoms. The first kappa shape index (κ1) is 35.3. The normalized spacial score (nSPS) is 17.1. The van der Waals surface area contributed by atoms with E-state index in [4.69, 9.17) is 14.9 Å². The van der Waals surface area contributed by atoms with Gasteiger partial charge in [0.25, 0.3) is 8.32 Å². The van der Waals surface area contributed by atoms with Gasteiger partial charge in [-0.3, -0.25) is 9.47 Å².